The molecular formula is C20H20N6O4. The molecule has 1 aromatic heterocycles. The maximum Gasteiger partial charge on any atom is 0.256 e. The van der Waals surface area contributed by atoms with E-state index in [0.29, 0.717) is 48.2 Å². The van der Waals surface area contributed by atoms with Gasteiger partial charge in [0.2, 0.25) is 5.91 Å². The monoisotopic (exact) mass is 408 g/mol. The Morgan fingerprint density at radius 2 is 1.93 bits per heavy atom. The number of ether oxygens (including phenoxy) is 2. The molecule has 3 aromatic rings. The molecule has 0 spiro atoms. The molecular weight excluding hydrogens is 388 g/mol. The molecule has 10 heteroatoms. The second-order valence-electron chi connectivity index (χ2n) is 6.50. The molecule has 10 nitrogen and oxygen atoms in total. The van der Waals surface area contributed by atoms with E-state index in [9.17, 15) is 9.59 Å². The fourth-order valence-electron chi connectivity index (χ4n) is 3.12. The number of nitrogens with one attached hydrogen (secondary N) is 1. The maximum atomic E-state index is 13.1. The van der Waals surface area contributed by atoms with Crippen molar-refractivity contribution in [3.05, 3.63) is 54.4 Å². The summed E-state index contributed by atoms with van der Waals surface area (Å²) in [6.07, 6.45) is 1.41. The van der Waals surface area contributed by atoms with Crippen LogP contribution in [0.25, 0.3) is 5.69 Å². The first kappa shape index (κ1) is 19.4. The minimum absolute atomic E-state index is 0.103. The molecule has 30 heavy (non-hydrogen) atoms. The number of aromatic nitrogens is 4. The van der Waals surface area contributed by atoms with Crippen molar-refractivity contribution in [2.24, 2.45) is 0 Å². The van der Waals surface area contributed by atoms with Gasteiger partial charge >= 0.3 is 0 Å². The minimum atomic E-state index is -0.318. The third-order valence-corrected chi connectivity index (χ3v) is 4.56. The summed E-state index contributed by atoms with van der Waals surface area (Å²) in [4.78, 5) is 27.1. The second-order valence-corrected chi connectivity index (χ2v) is 6.50. The molecule has 2 aromatic carbocycles. The number of hydrogen-bond acceptors (Lipinski definition) is 7. The van der Waals surface area contributed by atoms with Gasteiger partial charge in [0.1, 0.15) is 26.1 Å². The molecule has 0 saturated heterocycles. The summed E-state index contributed by atoms with van der Waals surface area (Å²) in [7, 11) is 0. The van der Waals surface area contributed by atoms with Gasteiger partial charge in [-0.1, -0.05) is 12.1 Å². The van der Waals surface area contributed by atoms with E-state index in [4.69, 9.17) is 9.47 Å². The maximum absolute atomic E-state index is 13.1. The summed E-state index contributed by atoms with van der Waals surface area (Å²) in [5.41, 5.74) is 1.51. The summed E-state index contributed by atoms with van der Waals surface area (Å²) < 4.78 is 12.4. The van der Waals surface area contributed by atoms with E-state index in [1.165, 1.54) is 15.9 Å². The van der Waals surface area contributed by atoms with E-state index < -0.39 is 0 Å². The van der Waals surface area contributed by atoms with Crippen molar-refractivity contribution in [3.63, 3.8) is 0 Å². The molecule has 154 valence electrons. The molecule has 2 amide bonds. The Balaban J connectivity index is 1.47. The Kier molecular flexibility index (Phi) is 5.55. The summed E-state index contributed by atoms with van der Waals surface area (Å²) in [6, 6.07) is 12.2. The lowest BCUT2D eigenvalue weighted by Gasteiger charge is -2.22. The van der Waals surface area contributed by atoms with Crippen LogP contribution in [-0.4, -0.2) is 63.2 Å². The molecule has 1 aliphatic heterocycles. The smallest absolute Gasteiger partial charge is 0.256 e. The Labute approximate surface area is 172 Å². The lowest BCUT2D eigenvalue weighted by atomic mass is 10.1. The first-order valence-corrected chi connectivity index (χ1v) is 9.47. The summed E-state index contributed by atoms with van der Waals surface area (Å²) in [6.45, 7) is 3.03. The van der Waals surface area contributed by atoms with E-state index in [0.717, 1.165) is 0 Å². The van der Waals surface area contributed by atoms with Crippen LogP contribution in [-0.2, 0) is 4.79 Å². The lowest BCUT2D eigenvalue weighted by molar-refractivity contribution is -0.116. The van der Waals surface area contributed by atoms with Gasteiger partial charge < -0.3 is 19.7 Å². The molecule has 0 saturated carbocycles. The first-order valence-electron chi connectivity index (χ1n) is 9.47. The highest BCUT2D eigenvalue weighted by Gasteiger charge is 2.21. The number of benzene rings is 2. The highest BCUT2D eigenvalue weighted by atomic mass is 16.6. The van der Waals surface area contributed by atoms with Crippen LogP contribution in [0.4, 0.5) is 5.69 Å². The third kappa shape index (κ3) is 4.07. The van der Waals surface area contributed by atoms with Gasteiger partial charge in [-0.25, -0.2) is 0 Å². The number of amides is 2. The SMILES string of the molecule is CCN(CC(=O)Nc1ccc2c(c1)OCCO2)C(=O)c1ccccc1-n1cnnn1. The van der Waals surface area contributed by atoms with Gasteiger partial charge in [0.15, 0.2) is 11.5 Å². The quantitative estimate of drug-likeness (QED) is 0.658. The van der Waals surface area contributed by atoms with Crippen molar-refractivity contribution in [1.82, 2.24) is 25.1 Å². The van der Waals surface area contributed by atoms with Crippen molar-refractivity contribution in [1.29, 1.82) is 0 Å². The molecule has 0 bridgehead atoms. The van der Waals surface area contributed by atoms with Crippen LogP contribution in [0.2, 0.25) is 0 Å². The standard InChI is InChI=1S/C20H20N6O4/c1-2-25(20(28)15-5-3-4-6-16(15)26-13-21-23-24-26)12-19(27)22-14-7-8-17-18(11-14)30-10-9-29-17/h3-8,11,13H,2,9-10,12H2,1H3,(H,22,27). The minimum Gasteiger partial charge on any atom is -0.486 e. The van der Waals surface area contributed by atoms with Crippen LogP contribution in [0.1, 0.15) is 17.3 Å². The van der Waals surface area contributed by atoms with Gasteiger partial charge in [-0.15, -0.1) is 5.10 Å². The number of fused-ring (bicyclic) bond motifs is 1. The summed E-state index contributed by atoms with van der Waals surface area (Å²) >= 11 is 0. The largest absolute Gasteiger partial charge is 0.486 e. The molecule has 0 radical (unpaired) electrons. The number of nitrogens with zero attached hydrogens (tertiary/aromatic N) is 5. The summed E-state index contributed by atoms with van der Waals surface area (Å²) in [5.74, 6) is 0.615. The number of tetrazole rings is 1. The van der Waals surface area contributed by atoms with E-state index in [1.807, 2.05) is 6.92 Å². The molecule has 4 rings (SSSR count). The van der Waals surface area contributed by atoms with Gasteiger partial charge in [0.25, 0.3) is 5.91 Å². The van der Waals surface area contributed by atoms with Crippen molar-refractivity contribution in [2.75, 3.05) is 31.6 Å². The highest BCUT2D eigenvalue weighted by molar-refractivity contribution is 6.01. The number of carbonyl (C=O) groups excluding carboxylic acids is 2. The van der Waals surface area contributed by atoms with Gasteiger partial charge in [0.05, 0.1) is 11.3 Å². The zero-order valence-corrected chi connectivity index (χ0v) is 16.3. The Hall–Kier alpha value is -3.95. The number of likely N-dealkylation sites (N-methyl/N-ethyl adjacent to an activating group) is 1. The van der Waals surface area contributed by atoms with E-state index >= 15 is 0 Å². The van der Waals surface area contributed by atoms with Crippen LogP contribution in [0, 0.1) is 0 Å². The Morgan fingerprint density at radius 1 is 1.13 bits per heavy atom. The van der Waals surface area contributed by atoms with Crippen LogP contribution < -0.4 is 14.8 Å². The van der Waals surface area contributed by atoms with Crippen LogP contribution in [0.5, 0.6) is 11.5 Å². The zero-order valence-electron chi connectivity index (χ0n) is 16.3. The van der Waals surface area contributed by atoms with Crippen LogP contribution in [0.3, 0.4) is 0 Å². The fraction of sp³-hybridized carbons (Fsp3) is 0.250. The molecule has 1 aliphatic rings. The fourth-order valence-corrected chi connectivity index (χ4v) is 3.12. The number of anilines is 1. The molecule has 1 N–H and O–H groups in total. The Morgan fingerprint density at radius 3 is 2.70 bits per heavy atom. The highest BCUT2D eigenvalue weighted by Crippen LogP contribution is 2.32. The third-order valence-electron chi connectivity index (χ3n) is 4.56. The van der Waals surface area contributed by atoms with Gasteiger partial charge in [-0.05, 0) is 41.6 Å². The predicted octanol–water partition coefficient (Wildman–Crippen LogP) is 1.53. The van der Waals surface area contributed by atoms with Crippen molar-refractivity contribution in [3.8, 4) is 17.2 Å². The number of para-hydroxylation sites is 1. The molecule has 2 heterocycles. The van der Waals surface area contributed by atoms with Crippen molar-refractivity contribution >= 4 is 17.5 Å². The number of hydrogen-bond donors (Lipinski definition) is 1. The van der Waals surface area contributed by atoms with E-state index in [1.54, 1.807) is 42.5 Å². The van der Waals surface area contributed by atoms with Crippen LogP contribution in [0.15, 0.2) is 48.8 Å². The average molecular weight is 408 g/mol. The molecule has 0 fully saturated rings. The van der Waals surface area contributed by atoms with Crippen molar-refractivity contribution in [2.45, 2.75) is 6.92 Å². The lowest BCUT2D eigenvalue weighted by Crippen LogP contribution is -2.38. The molecule has 0 unspecified atom stereocenters. The number of rotatable bonds is 6. The predicted molar refractivity (Wildman–Crippen MR) is 107 cm³/mol. The second kappa shape index (κ2) is 8.60. The molecule has 0 aliphatic carbocycles. The average Bonchev–Trinajstić information content (AvgIpc) is 3.32. The van der Waals surface area contributed by atoms with Crippen LogP contribution >= 0.6 is 0 Å². The van der Waals surface area contributed by atoms with Gasteiger partial charge in [-0.2, -0.15) is 4.68 Å². The van der Waals surface area contributed by atoms with E-state index in [-0.39, 0.29) is 18.4 Å². The normalized spacial score (nSPS) is 12.3. The topological polar surface area (TPSA) is 111 Å². The zero-order chi connectivity index (χ0) is 20.9. The van der Waals surface area contributed by atoms with Gasteiger partial charge in [-0.3, -0.25) is 9.59 Å². The molecule has 0 atom stereocenters. The Bertz CT molecular complexity index is 1050. The number of carbonyl (C=O) groups is 2. The summed E-state index contributed by atoms with van der Waals surface area (Å²) in [5, 5.41) is 13.9. The van der Waals surface area contributed by atoms with Crippen molar-refractivity contribution < 1.29 is 19.1 Å². The first-order chi connectivity index (χ1) is 14.7. The van der Waals surface area contributed by atoms with Gasteiger partial charge in [0, 0.05) is 18.3 Å². The van der Waals surface area contributed by atoms with E-state index in [2.05, 4.69) is 20.8 Å².